The minimum Gasteiger partial charge on any atom is -0.0622 e. The van der Waals surface area contributed by atoms with E-state index in [4.69, 9.17) is 0 Å². The Morgan fingerprint density at radius 1 is 0.167 bits per heavy atom. The van der Waals surface area contributed by atoms with Crippen LogP contribution in [0.1, 0.15) is 0 Å². The minimum absolute atomic E-state index is 1.19. The van der Waals surface area contributed by atoms with Crippen LogP contribution in [0.15, 0.2) is 243 Å². The smallest absolute Gasteiger partial charge is 0.00261 e. The van der Waals surface area contributed by atoms with E-state index < -0.39 is 0 Å². The zero-order chi connectivity index (χ0) is 39.8. The van der Waals surface area contributed by atoms with Gasteiger partial charge in [-0.2, -0.15) is 0 Å². The van der Waals surface area contributed by atoms with Crippen LogP contribution in [0.25, 0.3) is 110 Å². The zero-order valence-electron chi connectivity index (χ0n) is 33.1. The summed E-state index contributed by atoms with van der Waals surface area (Å²) in [5.74, 6) is 0. The predicted octanol–water partition coefficient (Wildman–Crippen LogP) is 16.8. The summed E-state index contributed by atoms with van der Waals surface area (Å²) in [5, 5.41) is 7.48. The fourth-order valence-corrected chi connectivity index (χ4v) is 9.28. The van der Waals surface area contributed by atoms with Crippen molar-refractivity contribution in [1.82, 2.24) is 0 Å². The first kappa shape index (κ1) is 35.4. The van der Waals surface area contributed by atoms with E-state index in [2.05, 4.69) is 243 Å². The SMILES string of the molecule is c1ccc(-c2ccc(-c3ccc4ccc(-c5c6ccccc6c(-c6ccccc6)c6ccccc56)cc4c3-c3ccc(-c4ccccc4-c4ccccc4)cc3)cc2)cc1. The van der Waals surface area contributed by atoms with Gasteiger partial charge in [0.2, 0.25) is 0 Å². The van der Waals surface area contributed by atoms with E-state index in [1.807, 2.05) is 0 Å². The van der Waals surface area contributed by atoms with Crippen molar-refractivity contribution in [3.05, 3.63) is 243 Å². The Kier molecular flexibility index (Phi) is 8.95. The van der Waals surface area contributed by atoms with Crippen molar-refractivity contribution >= 4 is 32.3 Å². The summed E-state index contributed by atoms with van der Waals surface area (Å²) in [7, 11) is 0. The maximum absolute atomic E-state index is 2.45. The van der Waals surface area contributed by atoms with E-state index in [9.17, 15) is 0 Å². The van der Waals surface area contributed by atoms with Gasteiger partial charge in [-0.3, -0.25) is 0 Å². The number of hydrogen-bond donors (Lipinski definition) is 0. The topological polar surface area (TPSA) is 0 Å². The molecule has 0 saturated heterocycles. The van der Waals surface area contributed by atoms with Crippen LogP contribution in [0.3, 0.4) is 0 Å². The standard InChI is InChI=1S/C60H40/c1-4-16-41(17-5-1)42-28-30-45(31-29-42)52-39-38-46-34-37-49(60-55-26-14-12-24-53(55)59(47-20-8-3-9-21-47)54-25-13-15-27-56(54)60)40-57(46)58(52)48-35-32-44(33-36-48)51-23-11-10-22-50(51)43-18-6-2-7-19-43/h1-40H. The van der Waals surface area contributed by atoms with Crippen molar-refractivity contribution < 1.29 is 0 Å². The molecule has 0 aliphatic heterocycles. The van der Waals surface area contributed by atoms with Crippen LogP contribution in [0.4, 0.5) is 0 Å². The van der Waals surface area contributed by atoms with Gasteiger partial charge < -0.3 is 0 Å². The zero-order valence-corrected chi connectivity index (χ0v) is 33.1. The van der Waals surface area contributed by atoms with Crippen LogP contribution in [0, 0.1) is 0 Å². The van der Waals surface area contributed by atoms with Crippen LogP contribution >= 0.6 is 0 Å². The van der Waals surface area contributed by atoms with Gasteiger partial charge in [0.05, 0.1) is 0 Å². The number of rotatable bonds is 7. The Morgan fingerprint density at radius 2 is 0.500 bits per heavy atom. The van der Waals surface area contributed by atoms with E-state index >= 15 is 0 Å². The van der Waals surface area contributed by atoms with Crippen LogP contribution in [-0.2, 0) is 0 Å². The molecule has 280 valence electrons. The van der Waals surface area contributed by atoms with Crippen molar-refractivity contribution in [1.29, 1.82) is 0 Å². The number of fused-ring (bicyclic) bond motifs is 3. The summed E-state index contributed by atoms with van der Waals surface area (Å²) >= 11 is 0. The predicted molar refractivity (Wildman–Crippen MR) is 257 cm³/mol. The first-order valence-corrected chi connectivity index (χ1v) is 20.8. The van der Waals surface area contributed by atoms with E-state index in [1.54, 1.807) is 0 Å². The highest BCUT2D eigenvalue weighted by atomic mass is 14.2. The van der Waals surface area contributed by atoms with Crippen molar-refractivity contribution in [2.24, 2.45) is 0 Å². The van der Waals surface area contributed by atoms with Gasteiger partial charge >= 0.3 is 0 Å². The molecule has 0 aromatic heterocycles. The molecule has 0 aliphatic carbocycles. The molecule has 0 saturated carbocycles. The average molecular weight is 761 g/mol. The average Bonchev–Trinajstić information content (AvgIpc) is 3.33. The van der Waals surface area contributed by atoms with Crippen molar-refractivity contribution in [3.8, 4) is 77.9 Å². The summed E-state index contributed by atoms with van der Waals surface area (Å²) in [4.78, 5) is 0. The fraction of sp³-hybridized carbons (Fsp3) is 0. The molecule has 0 spiro atoms. The molecule has 11 aromatic carbocycles. The largest absolute Gasteiger partial charge is 0.0622 e. The molecule has 0 heterocycles. The Hall–Kier alpha value is -7.80. The molecule has 0 fully saturated rings. The maximum atomic E-state index is 2.45. The number of hydrogen-bond acceptors (Lipinski definition) is 0. The van der Waals surface area contributed by atoms with Crippen LogP contribution < -0.4 is 0 Å². The van der Waals surface area contributed by atoms with Crippen LogP contribution in [0.5, 0.6) is 0 Å². The third-order valence-electron chi connectivity index (χ3n) is 12.1. The van der Waals surface area contributed by atoms with E-state index in [0.717, 1.165) is 0 Å². The van der Waals surface area contributed by atoms with E-state index in [1.165, 1.54) is 110 Å². The van der Waals surface area contributed by atoms with Gasteiger partial charge in [0.25, 0.3) is 0 Å². The highest BCUT2D eigenvalue weighted by molar-refractivity contribution is 6.22. The summed E-state index contributed by atoms with van der Waals surface area (Å²) < 4.78 is 0. The molecular weight excluding hydrogens is 721 g/mol. The monoisotopic (exact) mass is 760 g/mol. The van der Waals surface area contributed by atoms with Gasteiger partial charge in [-0.15, -0.1) is 0 Å². The van der Waals surface area contributed by atoms with Gasteiger partial charge in [0.1, 0.15) is 0 Å². The second kappa shape index (κ2) is 15.2. The van der Waals surface area contributed by atoms with E-state index in [-0.39, 0.29) is 0 Å². The Bertz CT molecular complexity index is 3250. The lowest BCUT2D eigenvalue weighted by atomic mass is 9.84. The molecule has 0 atom stereocenters. The second-order valence-corrected chi connectivity index (χ2v) is 15.6. The normalized spacial score (nSPS) is 11.3. The van der Waals surface area contributed by atoms with Crippen LogP contribution in [-0.4, -0.2) is 0 Å². The molecule has 0 bridgehead atoms. The molecule has 0 nitrogen and oxygen atoms in total. The van der Waals surface area contributed by atoms with Gasteiger partial charge in [0.15, 0.2) is 0 Å². The lowest BCUT2D eigenvalue weighted by molar-refractivity contribution is 1.57. The molecule has 0 aliphatic rings. The van der Waals surface area contributed by atoms with Gasteiger partial charge in [0, 0.05) is 0 Å². The summed E-state index contributed by atoms with van der Waals surface area (Å²) in [5.41, 5.74) is 17.1. The molecule has 0 N–H and O–H groups in total. The summed E-state index contributed by atoms with van der Waals surface area (Å²) in [6.07, 6.45) is 0. The first-order chi connectivity index (χ1) is 29.8. The number of benzene rings is 11. The summed E-state index contributed by atoms with van der Waals surface area (Å²) in [6.45, 7) is 0. The van der Waals surface area contributed by atoms with Gasteiger partial charge in [-0.1, -0.05) is 237 Å². The quantitative estimate of drug-likeness (QED) is 0.142. The second-order valence-electron chi connectivity index (χ2n) is 15.6. The highest BCUT2D eigenvalue weighted by Crippen LogP contribution is 2.46. The summed E-state index contributed by atoms with van der Waals surface area (Å²) in [6, 6.07) is 88.7. The van der Waals surface area contributed by atoms with Crippen molar-refractivity contribution in [2.75, 3.05) is 0 Å². The lowest BCUT2D eigenvalue weighted by Crippen LogP contribution is -1.92. The molecule has 60 heavy (non-hydrogen) atoms. The molecular formula is C60H40. The van der Waals surface area contributed by atoms with Gasteiger partial charge in [-0.25, -0.2) is 0 Å². The highest BCUT2D eigenvalue weighted by Gasteiger charge is 2.19. The Balaban J connectivity index is 1.13. The van der Waals surface area contributed by atoms with Crippen LogP contribution in [0.2, 0.25) is 0 Å². The molecule has 0 radical (unpaired) electrons. The Morgan fingerprint density at radius 3 is 1.05 bits per heavy atom. The molecule has 0 heteroatoms. The molecule has 0 amide bonds. The minimum atomic E-state index is 1.19. The van der Waals surface area contributed by atoms with Crippen molar-refractivity contribution in [2.45, 2.75) is 0 Å². The molecule has 11 aromatic rings. The Labute approximate surface area is 351 Å². The molecule has 0 unspecified atom stereocenters. The lowest BCUT2D eigenvalue weighted by Gasteiger charge is -2.19. The first-order valence-electron chi connectivity index (χ1n) is 20.8. The third kappa shape index (κ3) is 6.27. The maximum Gasteiger partial charge on any atom is -0.00261 e. The fourth-order valence-electron chi connectivity index (χ4n) is 9.28. The van der Waals surface area contributed by atoms with Crippen molar-refractivity contribution in [3.63, 3.8) is 0 Å². The van der Waals surface area contributed by atoms with E-state index in [0.29, 0.717) is 0 Å². The van der Waals surface area contributed by atoms with Gasteiger partial charge in [-0.05, 0) is 116 Å². The third-order valence-corrected chi connectivity index (χ3v) is 12.1. The molecule has 11 rings (SSSR count).